The maximum atomic E-state index is 13.3. The fourth-order valence-electron chi connectivity index (χ4n) is 1.15. The lowest BCUT2D eigenvalue weighted by atomic mass is 10.3. The fourth-order valence-corrected chi connectivity index (χ4v) is 1.15. The van der Waals surface area contributed by atoms with Gasteiger partial charge in [0.2, 0.25) is 0 Å². The molecule has 2 aromatic rings. The molecule has 0 bridgehead atoms. The van der Waals surface area contributed by atoms with E-state index in [2.05, 4.69) is 10.3 Å². The lowest BCUT2D eigenvalue weighted by Gasteiger charge is -2.01. The predicted octanol–water partition coefficient (Wildman–Crippen LogP) is 1.24. The van der Waals surface area contributed by atoms with E-state index >= 15 is 0 Å². The van der Waals surface area contributed by atoms with Crippen LogP contribution in [0.5, 0.6) is 0 Å². The molecule has 7 heteroatoms. The molecule has 0 fully saturated rings. The van der Waals surface area contributed by atoms with Crippen LogP contribution in [0.25, 0.3) is 5.69 Å². The molecular formula is C9H5F2N3O2. The zero-order valence-electron chi connectivity index (χ0n) is 7.76. The summed E-state index contributed by atoms with van der Waals surface area (Å²) in [6, 6.07) is 3.50. The van der Waals surface area contributed by atoms with Gasteiger partial charge >= 0.3 is 5.97 Å². The summed E-state index contributed by atoms with van der Waals surface area (Å²) in [4.78, 5) is 10.5. The molecule has 0 aliphatic heterocycles. The van der Waals surface area contributed by atoms with Crippen LogP contribution in [0.1, 0.15) is 10.5 Å². The van der Waals surface area contributed by atoms with Crippen LogP contribution in [0.4, 0.5) is 8.78 Å². The Kier molecular flexibility index (Phi) is 2.35. The highest BCUT2D eigenvalue weighted by atomic mass is 19.2. The smallest absolute Gasteiger partial charge is 0.358 e. The second-order valence-corrected chi connectivity index (χ2v) is 2.93. The fraction of sp³-hybridized carbons (Fsp3) is 0. The predicted molar refractivity (Wildman–Crippen MR) is 48.2 cm³/mol. The Balaban J connectivity index is 2.50. The van der Waals surface area contributed by atoms with Crippen LogP contribution >= 0.6 is 0 Å². The van der Waals surface area contributed by atoms with Crippen molar-refractivity contribution in [3.8, 4) is 5.69 Å². The zero-order chi connectivity index (χ0) is 11.7. The van der Waals surface area contributed by atoms with E-state index in [4.69, 9.17) is 5.11 Å². The van der Waals surface area contributed by atoms with E-state index in [-0.39, 0.29) is 11.4 Å². The molecule has 0 amide bonds. The molecule has 0 atom stereocenters. The highest BCUT2D eigenvalue weighted by molar-refractivity contribution is 5.84. The van der Waals surface area contributed by atoms with Crippen molar-refractivity contribution in [2.45, 2.75) is 0 Å². The highest BCUT2D eigenvalue weighted by Gasteiger charge is 2.13. The van der Waals surface area contributed by atoms with E-state index in [1.807, 2.05) is 0 Å². The average Bonchev–Trinajstić information content (AvgIpc) is 2.71. The number of hydrogen-bond donors (Lipinski definition) is 1. The van der Waals surface area contributed by atoms with Crippen molar-refractivity contribution in [2.75, 3.05) is 0 Å². The average molecular weight is 225 g/mol. The zero-order valence-corrected chi connectivity index (χ0v) is 7.76. The first kappa shape index (κ1) is 10.2. The summed E-state index contributed by atoms with van der Waals surface area (Å²) >= 11 is 0. The van der Waals surface area contributed by atoms with Crippen molar-refractivity contribution in [1.29, 1.82) is 0 Å². The molecule has 16 heavy (non-hydrogen) atoms. The van der Waals surface area contributed by atoms with E-state index in [1.54, 1.807) is 0 Å². The molecule has 5 nitrogen and oxygen atoms in total. The van der Waals surface area contributed by atoms with Crippen LogP contribution in [-0.4, -0.2) is 26.1 Å². The summed E-state index contributed by atoms with van der Waals surface area (Å²) in [5.41, 5.74) is -0.538. The van der Waals surface area contributed by atoms with E-state index in [1.165, 1.54) is 12.1 Å². The van der Waals surface area contributed by atoms with Gasteiger partial charge in [0.05, 0.1) is 6.20 Å². The largest absolute Gasteiger partial charge is 0.476 e. The molecule has 0 saturated carbocycles. The summed E-state index contributed by atoms with van der Waals surface area (Å²) in [7, 11) is 0. The van der Waals surface area contributed by atoms with E-state index in [9.17, 15) is 13.6 Å². The van der Waals surface area contributed by atoms with Gasteiger partial charge in [0.1, 0.15) is 5.69 Å². The normalized spacial score (nSPS) is 10.4. The maximum Gasteiger partial charge on any atom is 0.358 e. The second kappa shape index (κ2) is 3.69. The summed E-state index contributed by atoms with van der Waals surface area (Å²) < 4.78 is 27.0. The number of carboxylic acid groups (broad SMARTS) is 1. The third kappa shape index (κ3) is 1.62. The Bertz CT molecular complexity index is 553. The molecule has 1 aromatic carbocycles. The number of carbonyl (C=O) groups is 1. The summed E-state index contributed by atoms with van der Waals surface area (Å²) in [5, 5.41) is 15.3. The number of halogens is 2. The minimum Gasteiger partial charge on any atom is -0.476 e. The van der Waals surface area contributed by atoms with Crippen molar-refractivity contribution < 1.29 is 18.7 Å². The van der Waals surface area contributed by atoms with Gasteiger partial charge in [0, 0.05) is 0 Å². The van der Waals surface area contributed by atoms with Crippen molar-refractivity contribution in [3.05, 3.63) is 41.7 Å². The SMILES string of the molecule is O=C(O)c1cn(-c2cccc(F)c2F)nn1. The van der Waals surface area contributed by atoms with Gasteiger partial charge < -0.3 is 5.11 Å². The number of aromatic nitrogens is 3. The van der Waals surface area contributed by atoms with Gasteiger partial charge in [-0.2, -0.15) is 0 Å². The summed E-state index contributed by atoms with van der Waals surface area (Å²) in [5.74, 6) is -3.43. The van der Waals surface area contributed by atoms with Gasteiger partial charge in [-0.3, -0.25) is 0 Å². The van der Waals surface area contributed by atoms with E-state index < -0.39 is 17.6 Å². The third-order valence-electron chi connectivity index (χ3n) is 1.89. The van der Waals surface area contributed by atoms with Crippen molar-refractivity contribution >= 4 is 5.97 Å². The van der Waals surface area contributed by atoms with Crippen molar-refractivity contribution in [1.82, 2.24) is 15.0 Å². The van der Waals surface area contributed by atoms with E-state index in [0.717, 1.165) is 16.9 Å². The first-order valence-corrected chi connectivity index (χ1v) is 4.19. The molecule has 0 radical (unpaired) electrons. The Labute approximate surface area is 87.9 Å². The minimum atomic E-state index is -1.29. The van der Waals surface area contributed by atoms with Crippen molar-refractivity contribution in [3.63, 3.8) is 0 Å². The Morgan fingerprint density at radius 3 is 2.75 bits per heavy atom. The number of aromatic carboxylic acids is 1. The van der Waals surface area contributed by atoms with Crippen LogP contribution in [0.15, 0.2) is 24.4 Å². The molecule has 0 aliphatic carbocycles. The van der Waals surface area contributed by atoms with Gasteiger partial charge in [-0.1, -0.05) is 11.3 Å². The van der Waals surface area contributed by atoms with Gasteiger partial charge in [0.15, 0.2) is 17.3 Å². The van der Waals surface area contributed by atoms with Gasteiger partial charge in [-0.25, -0.2) is 18.3 Å². The minimum absolute atomic E-state index is 0.194. The second-order valence-electron chi connectivity index (χ2n) is 2.93. The molecular weight excluding hydrogens is 220 g/mol. The summed E-state index contributed by atoms with van der Waals surface area (Å²) in [6.07, 6.45) is 1.00. The van der Waals surface area contributed by atoms with Gasteiger partial charge in [-0.05, 0) is 12.1 Å². The first-order chi connectivity index (χ1) is 7.59. The third-order valence-corrected chi connectivity index (χ3v) is 1.89. The van der Waals surface area contributed by atoms with Crippen LogP contribution in [0.2, 0.25) is 0 Å². The van der Waals surface area contributed by atoms with Crippen LogP contribution in [0.3, 0.4) is 0 Å². The highest BCUT2D eigenvalue weighted by Crippen LogP contribution is 2.15. The lowest BCUT2D eigenvalue weighted by molar-refractivity contribution is 0.0690. The number of carboxylic acids is 1. The number of hydrogen-bond acceptors (Lipinski definition) is 3. The Morgan fingerprint density at radius 1 is 1.38 bits per heavy atom. The number of nitrogens with zero attached hydrogens (tertiary/aromatic N) is 3. The molecule has 1 N–H and O–H groups in total. The molecule has 1 aromatic heterocycles. The quantitative estimate of drug-likeness (QED) is 0.834. The number of rotatable bonds is 2. The molecule has 82 valence electrons. The first-order valence-electron chi connectivity index (χ1n) is 4.19. The van der Waals surface area contributed by atoms with Gasteiger partial charge in [-0.15, -0.1) is 5.10 Å². The molecule has 0 aliphatic rings. The van der Waals surface area contributed by atoms with Gasteiger partial charge in [0.25, 0.3) is 0 Å². The molecule has 2 rings (SSSR count). The standard InChI is InChI=1S/C9H5F2N3O2/c10-5-2-1-3-7(8(5)11)14-4-6(9(15)16)12-13-14/h1-4H,(H,15,16). The van der Waals surface area contributed by atoms with Crippen LogP contribution in [-0.2, 0) is 0 Å². The monoisotopic (exact) mass is 225 g/mol. The van der Waals surface area contributed by atoms with Crippen LogP contribution < -0.4 is 0 Å². The molecule has 0 spiro atoms. The topological polar surface area (TPSA) is 68.0 Å². The Morgan fingerprint density at radius 2 is 2.12 bits per heavy atom. The lowest BCUT2D eigenvalue weighted by Crippen LogP contribution is -2.00. The molecule has 0 unspecified atom stereocenters. The number of benzene rings is 1. The summed E-state index contributed by atoms with van der Waals surface area (Å²) in [6.45, 7) is 0. The molecule has 0 saturated heterocycles. The Hall–Kier alpha value is -2.31. The van der Waals surface area contributed by atoms with Crippen molar-refractivity contribution in [2.24, 2.45) is 0 Å². The van der Waals surface area contributed by atoms with Crippen LogP contribution in [0, 0.1) is 11.6 Å². The van der Waals surface area contributed by atoms with E-state index in [0.29, 0.717) is 0 Å². The maximum absolute atomic E-state index is 13.3. The molecule has 1 heterocycles.